The molecular formula is C33H44N6O6S2. The maximum absolute atomic E-state index is 14.2. The quantitative estimate of drug-likeness (QED) is 0.140. The Morgan fingerprint density at radius 2 is 2.02 bits per heavy atom. The zero-order valence-corrected chi connectivity index (χ0v) is 29.1. The highest BCUT2D eigenvalue weighted by atomic mass is 32.2. The predicted molar refractivity (Wildman–Crippen MR) is 186 cm³/mol. The Morgan fingerprint density at radius 1 is 1.23 bits per heavy atom. The molecule has 2 N–H and O–H groups in total. The lowest BCUT2D eigenvalue weighted by atomic mass is 9.99. The van der Waals surface area contributed by atoms with E-state index in [4.69, 9.17) is 19.2 Å². The van der Waals surface area contributed by atoms with Crippen molar-refractivity contribution in [2.75, 3.05) is 54.6 Å². The Kier molecular flexibility index (Phi) is 13.4. The lowest BCUT2D eigenvalue weighted by Gasteiger charge is -2.35. The summed E-state index contributed by atoms with van der Waals surface area (Å²) in [6.45, 7) is 13.6. The number of thioether (sulfide) groups is 1. The second-order valence-corrected chi connectivity index (χ2v) is 14.0. The monoisotopic (exact) mass is 684 g/mol. The average molecular weight is 685 g/mol. The van der Waals surface area contributed by atoms with Crippen LogP contribution in [0.15, 0.2) is 53.4 Å². The average Bonchev–Trinajstić information content (AvgIpc) is 3.52. The second kappa shape index (κ2) is 17.4. The van der Waals surface area contributed by atoms with Crippen LogP contribution < -0.4 is 15.1 Å². The highest BCUT2D eigenvalue weighted by molar-refractivity contribution is 8.00. The summed E-state index contributed by atoms with van der Waals surface area (Å²) in [5.74, 6) is 0.927. The number of morpholine rings is 1. The van der Waals surface area contributed by atoms with E-state index in [-0.39, 0.29) is 13.2 Å². The van der Waals surface area contributed by atoms with E-state index in [1.54, 1.807) is 46.2 Å². The van der Waals surface area contributed by atoms with E-state index in [0.29, 0.717) is 56.4 Å². The minimum absolute atomic E-state index is 0.0711. The molecule has 0 bridgehead atoms. The van der Waals surface area contributed by atoms with Crippen molar-refractivity contribution in [3.63, 3.8) is 0 Å². The van der Waals surface area contributed by atoms with Crippen molar-refractivity contribution in [2.24, 2.45) is 0 Å². The number of ether oxygens (including phenoxy) is 3. The van der Waals surface area contributed by atoms with E-state index in [1.165, 1.54) is 6.08 Å². The van der Waals surface area contributed by atoms with Crippen molar-refractivity contribution in [3.8, 4) is 0 Å². The molecule has 3 heterocycles. The highest BCUT2D eigenvalue weighted by Gasteiger charge is 2.33. The number of carbonyl (C=O) groups is 2. The molecule has 3 aromatic rings. The first kappa shape index (κ1) is 36.1. The molecule has 4 rings (SSSR count). The topological polar surface area (TPSA) is 139 Å². The van der Waals surface area contributed by atoms with E-state index in [2.05, 4.69) is 27.0 Å². The minimum atomic E-state index is -0.787. The van der Waals surface area contributed by atoms with Gasteiger partial charge in [-0.1, -0.05) is 54.8 Å². The Morgan fingerprint density at radius 3 is 2.70 bits per heavy atom. The molecule has 1 aliphatic rings. The number of anilines is 3. The van der Waals surface area contributed by atoms with Gasteiger partial charge in [0.1, 0.15) is 23.0 Å². The van der Waals surface area contributed by atoms with E-state index in [1.807, 2.05) is 45.9 Å². The number of rotatable bonds is 14. The Labute approximate surface area is 284 Å². The van der Waals surface area contributed by atoms with Crippen molar-refractivity contribution < 1.29 is 28.9 Å². The predicted octanol–water partition coefficient (Wildman–Crippen LogP) is 6.61. The molecular weight excluding hydrogens is 641 g/mol. The fraction of sp³-hybridized carbons (Fsp3) is 0.485. The number of carbonyl (C=O) groups excluding carboxylic acids is 2. The standard InChI is InChI=1S/C33H44N6O6S2/c1-6-16-44-30(41)35-24-11-8-10-23(19-24)27(12-9-15-40)39(32(42)45-33(3,4)5)28-21-26(38-13-17-43-18-14-38)20-25(34-28)22-46-31-37-36-29(7-2)47-31/h6,8,10-11,19-21,27,40H,1,7,9,12-18,22H2,2-5H3,(H,35,41). The Hall–Kier alpha value is -3.72. The molecule has 0 radical (unpaired) electrons. The fourth-order valence-corrected chi connectivity index (χ4v) is 6.59. The van der Waals surface area contributed by atoms with Crippen molar-refractivity contribution in [3.05, 3.63) is 65.3 Å². The van der Waals surface area contributed by atoms with Crippen LogP contribution in [-0.4, -0.2) is 77.6 Å². The van der Waals surface area contributed by atoms with E-state index < -0.39 is 23.8 Å². The smallest absolute Gasteiger partial charge is 0.416 e. The number of nitrogens with one attached hydrogen (secondary N) is 1. The molecule has 14 heteroatoms. The van der Waals surface area contributed by atoms with Gasteiger partial charge in [-0.3, -0.25) is 10.2 Å². The number of aliphatic hydroxyl groups excluding tert-OH is 1. The molecule has 2 amide bonds. The molecule has 1 atom stereocenters. The van der Waals surface area contributed by atoms with Gasteiger partial charge in [-0.2, -0.15) is 0 Å². The molecule has 1 saturated heterocycles. The van der Waals surface area contributed by atoms with E-state index in [0.717, 1.165) is 32.7 Å². The van der Waals surface area contributed by atoms with Crippen molar-refractivity contribution in [2.45, 2.75) is 68.7 Å². The van der Waals surface area contributed by atoms with Gasteiger partial charge in [0.2, 0.25) is 0 Å². The van der Waals surface area contributed by atoms with E-state index >= 15 is 0 Å². The number of hydrogen-bond acceptors (Lipinski definition) is 12. The van der Waals surface area contributed by atoms with Gasteiger partial charge in [0.05, 0.1) is 24.9 Å². The number of amides is 2. The van der Waals surface area contributed by atoms with Crippen LogP contribution in [0.4, 0.5) is 26.8 Å². The highest BCUT2D eigenvalue weighted by Crippen LogP contribution is 2.36. The summed E-state index contributed by atoms with van der Waals surface area (Å²) < 4.78 is 17.5. The zero-order chi connectivity index (χ0) is 33.8. The van der Waals surface area contributed by atoms with Crippen LogP contribution in [0.2, 0.25) is 0 Å². The molecule has 254 valence electrons. The number of aromatic nitrogens is 3. The summed E-state index contributed by atoms with van der Waals surface area (Å²) in [5.41, 5.74) is 2.10. The molecule has 12 nitrogen and oxygen atoms in total. The van der Waals surface area contributed by atoms with Crippen LogP contribution in [0.5, 0.6) is 0 Å². The van der Waals surface area contributed by atoms with Crippen molar-refractivity contribution in [1.82, 2.24) is 15.2 Å². The number of hydrogen-bond donors (Lipinski definition) is 2. The molecule has 1 fully saturated rings. The summed E-state index contributed by atoms with van der Waals surface area (Å²) in [7, 11) is 0. The molecule has 0 aliphatic carbocycles. The molecule has 1 aliphatic heterocycles. The first-order valence-corrected chi connectivity index (χ1v) is 17.5. The maximum Gasteiger partial charge on any atom is 0.416 e. The third kappa shape index (κ3) is 10.9. The van der Waals surface area contributed by atoms with Crippen LogP contribution in [0, 0.1) is 0 Å². The van der Waals surface area contributed by atoms with Crippen LogP contribution in [0.25, 0.3) is 0 Å². The Bertz CT molecular complexity index is 1490. The van der Waals surface area contributed by atoms with Crippen LogP contribution >= 0.6 is 23.1 Å². The third-order valence-corrected chi connectivity index (χ3v) is 9.19. The molecule has 1 unspecified atom stereocenters. The van der Waals surface area contributed by atoms with Gasteiger partial charge < -0.3 is 24.2 Å². The van der Waals surface area contributed by atoms with Gasteiger partial charge >= 0.3 is 12.2 Å². The Balaban J connectivity index is 1.79. The first-order chi connectivity index (χ1) is 22.6. The van der Waals surface area contributed by atoms with Gasteiger partial charge in [0.25, 0.3) is 0 Å². The van der Waals surface area contributed by atoms with Gasteiger partial charge in [0.15, 0.2) is 4.34 Å². The molecule has 0 spiro atoms. The summed E-state index contributed by atoms with van der Waals surface area (Å²) in [4.78, 5) is 35.3. The summed E-state index contributed by atoms with van der Waals surface area (Å²) in [5, 5.41) is 22.1. The molecule has 2 aromatic heterocycles. The van der Waals surface area contributed by atoms with Crippen molar-refractivity contribution in [1.29, 1.82) is 0 Å². The van der Waals surface area contributed by atoms with Gasteiger partial charge in [-0.05, 0) is 63.8 Å². The number of aliphatic hydroxyl groups is 1. The first-order valence-electron chi connectivity index (χ1n) is 15.7. The fourth-order valence-electron chi connectivity index (χ4n) is 4.87. The second-order valence-electron chi connectivity index (χ2n) is 11.7. The largest absolute Gasteiger partial charge is 0.445 e. The van der Waals surface area contributed by atoms with Gasteiger partial charge in [-0.25, -0.2) is 14.6 Å². The normalized spacial score (nSPS) is 13.9. The number of nitrogens with zero attached hydrogens (tertiary/aromatic N) is 5. The molecule has 1 aromatic carbocycles. The van der Waals surface area contributed by atoms with Crippen molar-refractivity contribution >= 4 is 52.5 Å². The minimum Gasteiger partial charge on any atom is -0.445 e. The van der Waals surface area contributed by atoms with Gasteiger partial charge in [-0.15, -0.1) is 10.2 Å². The van der Waals surface area contributed by atoms with Crippen LogP contribution in [0.1, 0.15) is 62.8 Å². The molecule has 0 saturated carbocycles. The third-order valence-electron chi connectivity index (χ3n) is 6.95. The van der Waals surface area contributed by atoms with Crippen LogP contribution in [0.3, 0.4) is 0 Å². The van der Waals surface area contributed by atoms with Gasteiger partial charge in [0, 0.05) is 42.9 Å². The lowest BCUT2D eigenvalue weighted by Crippen LogP contribution is -2.41. The summed E-state index contributed by atoms with van der Waals surface area (Å²) in [6.07, 6.45) is 1.91. The maximum atomic E-state index is 14.2. The number of aryl methyl sites for hydroxylation is 1. The summed E-state index contributed by atoms with van der Waals surface area (Å²) >= 11 is 3.11. The summed E-state index contributed by atoms with van der Waals surface area (Å²) in [6, 6.07) is 10.6. The SMILES string of the molecule is C=CCOC(=O)Nc1cccc(C(CCCO)N(C(=O)OC(C)(C)C)c2cc(N3CCOCC3)cc(CSc3nnc(CC)s3)n2)c1. The number of pyridine rings is 1. The lowest BCUT2D eigenvalue weighted by molar-refractivity contribution is 0.0560. The molecule has 47 heavy (non-hydrogen) atoms. The number of benzene rings is 1. The van der Waals surface area contributed by atoms with Crippen LogP contribution in [-0.2, 0) is 26.4 Å². The zero-order valence-electron chi connectivity index (χ0n) is 27.4. The van der Waals surface area contributed by atoms with E-state index in [9.17, 15) is 14.7 Å².